The number of nitrogens with zero attached hydrogens (tertiary/aromatic N) is 6. The molecule has 20 heavy (non-hydrogen) atoms. The summed E-state index contributed by atoms with van der Waals surface area (Å²) < 4.78 is 0.352. The van der Waals surface area contributed by atoms with Crippen LogP contribution in [0.25, 0.3) is 5.43 Å². The smallest absolute Gasteiger partial charge is 0.286 e. The van der Waals surface area contributed by atoms with E-state index in [1.54, 1.807) is 0 Å². The highest BCUT2D eigenvalue weighted by Gasteiger charge is 2.42. The first kappa shape index (κ1) is 16.8. The lowest BCUT2D eigenvalue weighted by Gasteiger charge is -2.38. The van der Waals surface area contributed by atoms with E-state index < -0.39 is 0 Å². The van der Waals surface area contributed by atoms with Gasteiger partial charge in [0.25, 0.3) is 5.96 Å². The van der Waals surface area contributed by atoms with Crippen molar-refractivity contribution in [1.29, 1.82) is 0 Å². The van der Waals surface area contributed by atoms with Crippen molar-refractivity contribution in [3.8, 4) is 0 Å². The molecule has 1 aliphatic heterocycles. The van der Waals surface area contributed by atoms with E-state index >= 15 is 0 Å². The van der Waals surface area contributed by atoms with Crippen molar-refractivity contribution in [1.82, 2.24) is 9.91 Å². The number of rotatable bonds is 1. The summed E-state index contributed by atoms with van der Waals surface area (Å²) in [6, 6.07) is 0. The molecule has 0 spiro atoms. The van der Waals surface area contributed by atoms with E-state index in [-0.39, 0.29) is 11.1 Å². The van der Waals surface area contributed by atoms with Gasteiger partial charge in [-0.3, -0.25) is 5.01 Å². The summed E-state index contributed by atoms with van der Waals surface area (Å²) >= 11 is 0. The molecule has 1 rings (SSSR count). The number of guanidine groups is 2. The Morgan fingerprint density at radius 1 is 1.05 bits per heavy atom. The Bertz CT molecular complexity index is 420. The zero-order chi connectivity index (χ0) is 15.9. The van der Waals surface area contributed by atoms with E-state index in [0.717, 1.165) is 11.9 Å². The van der Waals surface area contributed by atoms with Crippen molar-refractivity contribution >= 4 is 11.9 Å². The van der Waals surface area contributed by atoms with E-state index in [1.807, 2.05) is 33.2 Å². The minimum Gasteiger partial charge on any atom is -0.384 e. The predicted molar refractivity (Wildman–Crippen MR) is 85.4 cm³/mol. The van der Waals surface area contributed by atoms with Gasteiger partial charge in [0, 0.05) is 19.6 Å². The Kier molecular flexibility index (Phi) is 4.11. The average Bonchev–Trinajstić information content (AvgIpc) is 2.31. The molecule has 0 aliphatic carbocycles. The summed E-state index contributed by atoms with van der Waals surface area (Å²) in [6.45, 7) is 12.7. The molecule has 1 saturated heterocycles. The Morgan fingerprint density at radius 3 is 1.90 bits per heavy atom. The molecule has 0 saturated carbocycles. The molecule has 6 heteroatoms. The molecule has 0 N–H and O–H groups in total. The van der Waals surface area contributed by atoms with Gasteiger partial charge < -0.3 is 9.89 Å². The second-order valence-electron chi connectivity index (χ2n) is 7.83. The molecule has 6 nitrogen and oxygen atoms in total. The summed E-state index contributed by atoms with van der Waals surface area (Å²) in [5, 5.41) is 6.44. The normalized spacial score (nSPS) is 23.4. The molecule has 0 bridgehead atoms. The molecule has 1 fully saturated rings. The monoisotopic (exact) mass is 282 g/mol. The van der Waals surface area contributed by atoms with Crippen LogP contribution in [0.1, 0.15) is 41.5 Å². The summed E-state index contributed by atoms with van der Waals surface area (Å²) in [4.78, 5) is 6.89. The molecular weight excluding hydrogens is 252 g/mol. The molecule has 1 heterocycles. The minimum absolute atomic E-state index is 0.131. The topological polar surface area (TPSA) is 45.3 Å². The molecule has 0 radical (unpaired) electrons. The molecular formula is C14H30N6. The van der Waals surface area contributed by atoms with Gasteiger partial charge in [-0.1, -0.05) is 41.5 Å². The number of aliphatic imine (C=N–C) groups is 1. The van der Waals surface area contributed by atoms with Gasteiger partial charge in [0.1, 0.15) is 0 Å². The van der Waals surface area contributed by atoms with E-state index in [4.69, 9.17) is 10.4 Å². The van der Waals surface area contributed by atoms with E-state index in [2.05, 4.69) is 51.5 Å². The fourth-order valence-corrected chi connectivity index (χ4v) is 1.95. The quantitative estimate of drug-likeness (QED) is 0.548. The highest BCUT2D eigenvalue weighted by molar-refractivity contribution is 6.08. The third-order valence-electron chi connectivity index (χ3n) is 2.62. The second kappa shape index (κ2) is 4.91. The predicted octanol–water partition coefficient (Wildman–Crippen LogP) is 2.45. The van der Waals surface area contributed by atoms with Crippen LogP contribution in [0, 0.1) is 0 Å². The average molecular weight is 282 g/mol. The van der Waals surface area contributed by atoms with Crippen molar-refractivity contribution in [2.24, 2.45) is 10.1 Å². The van der Waals surface area contributed by atoms with Gasteiger partial charge in [0.2, 0.25) is 0 Å². The van der Waals surface area contributed by atoms with Crippen molar-refractivity contribution in [3.63, 3.8) is 0 Å². The number of hydrogen-bond acceptors (Lipinski definition) is 3. The Hall–Kier alpha value is -1.30. The molecule has 0 amide bonds. The Balaban J connectivity index is 3.41. The molecule has 0 unspecified atom stereocenters. The largest absolute Gasteiger partial charge is 0.384 e. The molecule has 0 atom stereocenters. The zero-order valence-corrected chi connectivity index (χ0v) is 14.7. The summed E-state index contributed by atoms with van der Waals surface area (Å²) in [5.41, 5.74) is 4.44. The van der Waals surface area contributed by atoms with Crippen molar-refractivity contribution < 1.29 is 4.59 Å². The first-order valence-electron chi connectivity index (χ1n) is 6.98. The third-order valence-corrected chi connectivity index (χ3v) is 2.62. The summed E-state index contributed by atoms with van der Waals surface area (Å²) in [6.07, 6.45) is 0. The van der Waals surface area contributed by atoms with Gasteiger partial charge in [0.15, 0.2) is 0 Å². The highest BCUT2D eigenvalue weighted by Crippen LogP contribution is 2.32. The van der Waals surface area contributed by atoms with E-state index in [0.29, 0.717) is 4.59 Å². The van der Waals surface area contributed by atoms with E-state index in [9.17, 15) is 0 Å². The van der Waals surface area contributed by atoms with Crippen LogP contribution in [-0.2, 0) is 0 Å². The Labute approximate surface area is 123 Å². The van der Waals surface area contributed by atoms with Crippen LogP contribution < -0.4 is 0 Å². The van der Waals surface area contributed by atoms with Crippen molar-refractivity contribution in [2.45, 2.75) is 52.6 Å². The number of hydrazone groups is 1. The third kappa shape index (κ3) is 3.85. The van der Waals surface area contributed by atoms with Crippen molar-refractivity contribution in [2.75, 3.05) is 28.2 Å². The number of quaternary nitrogens is 1. The maximum absolute atomic E-state index is 4.77. The highest BCUT2D eigenvalue weighted by atomic mass is 15.8. The fraction of sp³-hybridized carbons (Fsp3) is 0.857. The second-order valence-corrected chi connectivity index (χ2v) is 7.83. The molecule has 0 aromatic heterocycles. The summed E-state index contributed by atoms with van der Waals surface area (Å²) in [5.74, 6) is 1.63. The van der Waals surface area contributed by atoms with Gasteiger partial charge in [-0.2, -0.15) is 5.43 Å². The lowest BCUT2D eigenvalue weighted by atomic mass is 10.1. The molecule has 116 valence electrons. The summed E-state index contributed by atoms with van der Waals surface area (Å²) in [7, 11) is 7.89. The van der Waals surface area contributed by atoms with Crippen LogP contribution in [0.2, 0.25) is 0 Å². The molecule has 0 aromatic carbocycles. The molecule has 1 aliphatic rings. The maximum Gasteiger partial charge on any atom is 0.286 e. The fourth-order valence-electron chi connectivity index (χ4n) is 1.95. The van der Waals surface area contributed by atoms with Crippen LogP contribution in [0.5, 0.6) is 0 Å². The van der Waals surface area contributed by atoms with Gasteiger partial charge in [0.05, 0.1) is 20.1 Å². The van der Waals surface area contributed by atoms with Crippen LogP contribution in [0.15, 0.2) is 10.1 Å². The zero-order valence-electron chi connectivity index (χ0n) is 14.7. The van der Waals surface area contributed by atoms with Crippen LogP contribution in [0.3, 0.4) is 0 Å². The van der Waals surface area contributed by atoms with Gasteiger partial charge in [-0.15, -0.1) is 5.10 Å². The first-order valence-corrected chi connectivity index (χ1v) is 6.98. The lowest BCUT2D eigenvalue weighted by Crippen LogP contribution is -2.51. The van der Waals surface area contributed by atoms with Gasteiger partial charge in [-0.25, -0.2) is 4.59 Å². The number of hydrogen-bond donors (Lipinski definition) is 0. The minimum atomic E-state index is -0.171. The standard InChI is InChI=1S/C14H30N6/c1-13(2,3)15-11-17-20(9,10)12(16-18(7)8)19(11)14(4,5)6/h1-10H3/b15-11?,16-12+. The van der Waals surface area contributed by atoms with Crippen LogP contribution in [0.4, 0.5) is 0 Å². The Morgan fingerprint density at radius 2 is 1.55 bits per heavy atom. The lowest BCUT2D eigenvalue weighted by molar-refractivity contribution is -0.753. The molecule has 0 aromatic rings. The van der Waals surface area contributed by atoms with Crippen LogP contribution in [-0.4, -0.2) is 65.7 Å². The van der Waals surface area contributed by atoms with Gasteiger partial charge in [-0.05, 0) is 5.54 Å². The van der Waals surface area contributed by atoms with Crippen LogP contribution >= 0.6 is 0 Å². The van der Waals surface area contributed by atoms with E-state index in [1.165, 1.54) is 0 Å². The SMILES string of the molecule is CN(C)/N=C1\N(C(C)(C)C)C(=NC(C)(C)C)[N-][N+]1(C)C. The van der Waals surface area contributed by atoms with Crippen molar-refractivity contribution in [3.05, 3.63) is 5.43 Å². The van der Waals surface area contributed by atoms with Gasteiger partial charge >= 0.3 is 0 Å². The maximum atomic E-state index is 4.77. The first-order chi connectivity index (χ1) is 8.74.